The SMILES string of the molecule is CCOC(=O)C(C)(C)C[P@](=O)(OC[C@H]1O[C@@H](n2ccc(=O)[nH]c2=O)[C@](Cl)(Br)[C@@H]1O)Oc1ccccc1. The first-order chi connectivity index (χ1) is 16.8. The minimum absolute atomic E-state index is 0.142. The van der Waals surface area contributed by atoms with Crippen LogP contribution in [0, 0.1) is 5.41 Å². The first-order valence-corrected chi connectivity index (χ1v) is 13.9. The Balaban J connectivity index is 1.84. The lowest BCUT2D eigenvalue weighted by Gasteiger charge is -2.28. The fraction of sp³-hybridized carbons (Fsp3) is 0.500. The fourth-order valence-electron chi connectivity index (χ4n) is 3.53. The molecule has 36 heavy (non-hydrogen) atoms. The monoisotopic (exact) mass is 608 g/mol. The fourth-order valence-corrected chi connectivity index (χ4v) is 6.57. The van der Waals surface area contributed by atoms with E-state index in [-0.39, 0.29) is 18.5 Å². The zero-order chi connectivity index (χ0) is 26.7. The molecule has 0 unspecified atom stereocenters. The Kier molecular flexibility index (Phi) is 8.91. The number of aromatic amines is 1. The highest BCUT2D eigenvalue weighted by atomic mass is 79.9. The molecule has 5 atom stereocenters. The molecule has 2 N–H and O–H groups in total. The maximum absolute atomic E-state index is 13.8. The Bertz CT molecular complexity index is 1230. The highest BCUT2D eigenvalue weighted by Crippen LogP contribution is 2.54. The molecule has 1 aliphatic heterocycles. The van der Waals surface area contributed by atoms with E-state index >= 15 is 0 Å². The number of halogens is 2. The Morgan fingerprint density at radius 3 is 2.58 bits per heavy atom. The van der Waals surface area contributed by atoms with Crippen molar-refractivity contribution in [3.05, 3.63) is 63.4 Å². The summed E-state index contributed by atoms with van der Waals surface area (Å²) >= 11 is 9.65. The molecule has 2 heterocycles. The average Bonchev–Trinajstić information content (AvgIpc) is 3.01. The molecule has 198 valence electrons. The summed E-state index contributed by atoms with van der Waals surface area (Å²) in [6.07, 6.45) is -3.02. The molecule has 14 heteroatoms. The van der Waals surface area contributed by atoms with E-state index in [0.717, 1.165) is 10.6 Å². The van der Waals surface area contributed by atoms with Crippen molar-refractivity contribution in [2.75, 3.05) is 19.4 Å². The van der Waals surface area contributed by atoms with E-state index < -0.39 is 59.1 Å². The molecule has 11 nitrogen and oxygen atoms in total. The second kappa shape index (κ2) is 11.2. The van der Waals surface area contributed by atoms with Crippen LogP contribution in [0.15, 0.2) is 52.2 Å². The molecular weight excluding hydrogens is 583 g/mol. The number of esters is 1. The number of aliphatic hydroxyl groups is 1. The molecule has 0 radical (unpaired) electrons. The van der Waals surface area contributed by atoms with E-state index in [9.17, 15) is 24.1 Å². The second-order valence-corrected chi connectivity index (χ2v) is 13.1. The number of nitrogens with zero attached hydrogens (tertiary/aromatic N) is 1. The van der Waals surface area contributed by atoms with Crippen molar-refractivity contribution < 1.29 is 33.0 Å². The number of hydrogen-bond donors (Lipinski definition) is 2. The van der Waals surface area contributed by atoms with Gasteiger partial charge in [0.2, 0.25) is 0 Å². The molecule has 3 rings (SSSR count). The summed E-state index contributed by atoms with van der Waals surface area (Å²) in [7, 11) is -4.04. The third-order valence-electron chi connectivity index (χ3n) is 5.32. The number of para-hydroxylation sites is 1. The van der Waals surface area contributed by atoms with Crippen molar-refractivity contribution in [1.29, 1.82) is 0 Å². The third-order valence-corrected chi connectivity index (χ3v) is 8.80. The molecule has 0 saturated carbocycles. The first kappa shape index (κ1) is 28.6. The molecule has 0 spiro atoms. The zero-order valence-electron chi connectivity index (χ0n) is 19.8. The normalized spacial score (nSPS) is 25.8. The van der Waals surface area contributed by atoms with Crippen LogP contribution in [0.4, 0.5) is 0 Å². The van der Waals surface area contributed by atoms with Gasteiger partial charge >= 0.3 is 19.3 Å². The molecule has 1 aliphatic rings. The van der Waals surface area contributed by atoms with Crippen LogP contribution in [0.3, 0.4) is 0 Å². The number of aliphatic hydroxyl groups excluding tert-OH is 1. The van der Waals surface area contributed by atoms with Crippen LogP contribution in [-0.2, 0) is 23.4 Å². The minimum Gasteiger partial charge on any atom is -0.466 e. The number of ether oxygens (including phenoxy) is 2. The summed E-state index contributed by atoms with van der Waals surface area (Å²) < 4.78 is 35.4. The van der Waals surface area contributed by atoms with Gasteiger partial charge in [-0.25, -0.2) is 9.36 Å². The predicted octanol–water partition coefficient (Wildman–Crippen LogP) is 3.00. The van der Waals surface area contributed by atoms with Crippen LogP contribution in [0.1, 0.15) is 27.0 Å². The van der Waals surface area contributed by atoms with Crippen molar-refractivity contribution in [1.82, 2.24) is 9.55 Å². The van der Waals surface area contributed by atoms with Crippen LogP contribution < -0.4 is 15.8 Å². The smallest absolute Gasteiger partial charge is 0.380 e. The number of carbonyl (C=O) groups is 1. The highest BCUT2D eigenvalue weighted by Gasteiger charge is 2.56. The topological polar surface area (TPSA) is 146 Å². The maximum atomic E-state index is 13.8. The van der Waals surface area contributed by atoms with Crippen LogP contribution >= 0.6 is 35.1 Å². The molecule has 1 aromatic carbocycles. The van der Waals surface area contributed by atoms with Gasteiger partial charge in [0.25, 0.3) is 5.56 Å². The van der Waals surface area contributed by atoms with Crippen molar-refractivity contribution in [2.45, 2.75) is 43.0 Å². The predicted molar refractivity (Wildman–Crippen MR) is 135 cm³/mol. The summed E-state index contributed by atoms with van der Waals surface area (Å²) in [5.41, 5.74) is -2.65. The number of hydrogen-bond acceptors (Lipinski definition) is 9. The van der Waals surface area contributed by atoms with E-state index in [1.807, 2.05) is 0 Å². The van der Waals surface area contributed by atoms with Crippen LogP contribution in [0.5, 0.6) is 5.75 Å². The third kappa shape index (κ3) is 6.48. The van der Waals surface area contributed by atoms with Crippen molar-refractivity contribution in [3.63, 3.8) is 0 Å². The van der Waals surface area contributed by atoms with Crippen LogP contribution in [0.2, 0.25) is 0 Å². The second-order valence-electron chi connectivity index (χ2n) is 8.74. The Morgan fingerprint density at radius 2 is 1.97 bits per heavy atom. The van der Waals surface area contributed by atoms with Crippen molar-refractivity contribution in [2.24, 2.45) is 5.41 Å². The molecule has 0 bridgehead atoms. The number of aromatic nitrogens is 2. The molecule has 1 saturated heterocycles. The summed E-state index contributed by atoms with van der Waals surface area (Å²) in [5.74, 6) is -0.335. The Hall–Kier alpha value is -1.95. The van der Waals surface area contributed by atoms with Crippen LogP contribution in [-0.4, -0.2) is 56.0 Å². The Labute approximate surface area is 220 Å². The molecule has 0 aliphatic carbocycles. The number of benzene rings is 1. The number of alkyl halides is 2. The number of carbonyl (C=O) groups excluding carboxylic acids is 1. The average molecular weight is 610 g/mol. The summed E-state index contributed by atoms with van der Waals surface area (Å²) in [6.45, 7) is 4.45. The maximum Gasteiger partial charge on any atom is 0.380 e. The Morgan fingerprint density at radius 1 is 1.31 bits per heavy atom. The summed E-state index contributed by atoms with van der Waals surface area (Å²) in [5, 5.41) is 10.8. The van der Waals surface area contributed by atoms with Gasteiger partial charge in [-0.05, 0) is 32.9 Å². The van der Waals surface area contributed by atoms with Gasteiger partial charge in [0.15, 0.2) is 10.0 Å². The van der Waals surface area contributed by atoms with Gasteiger partial charge in [-0.1, -0.05) is 45.7 Å². The van der Waals surface area contributed by atoms with Gasteiger partial charge in [-0.3, -0.25) is 23.7 Å². The summed E-state index contributed by atoms with van der Waals surface area (Å²) in [4.78, 5) is 38.2. The molecule has 0 amide bonds. The van der Waals surface area contributed by atoms with Gasteiger partial charge < -0.3 is 19.1 Å². The van der Waals surface area contributed by atoms with E-state index in [4.69, 9.17) is 30.1 Å². The van der Waals surface area contributed by atoms with E-state index in [1.165, 1.54) is 6.20 Å². The first-order valence-electron chi connectivity index (χ1n) is 11.0. The van der Waals surface area contributed by atoms with E-state index in [0.29, 0.717) is 0 Å². The lowest BCUT2D eigenvalue weighted by atomic mass is 9.97. The van der Waals surface area contributed by atoms with Gasteiger partial charge in [-0.15, -0.1) is 0 Å². The number of nitrogens with one attached hydrogen (secondary N) is 1. The van der Waals surface area contributed by atoms with Gasteiger partial charge in [0.05, 0.1) is 24.8 Å². The van der Waals surface area contributed by atoms with E-state index in [1.54, 1.807) is 51.1 Å². The summed E-state index contributed by atoms with van der Waals surface area (Å²) in [6, 6.07) is 9.36. The lowest BCUT2D eigenvalue weighted by Crippen LogP contribution is -2.41. The van der Waals surface area contributed by atoms with Gasteiger partial charge in [-0.2, -0.15) is 0 Å². The quantitative estimate of drug-likeness (QED) is 0.236. The van der Waals surface area contributed by atoms with Crippen LogP contribution in [0.25, 0.3) is 0 Å². The van der Waals surface area contributed by atoms with Gasteiger partial charge in [0, 0.05) is 12.3 Å². The highest BCUT2D eigenvalue weighted by molar-refractivity contribution is 9.10. The molecular formula is C22H27BrClN2O9P. The number of rotatable bonds is 10. The lowest BCUT2D eigenvalue weighted by molar-refractivity contribution is -0.152. The molecule has 2 aromatic rings. The standard InChI is InChI=1S/C22H27BrClN2O9P/c1-4-32-19(29)21(2,3)13-36(31,35-14-8-6-5-7-9-14)33-12-15-17(28)22(23,24)18(34-15)26-11-10-16(27)25-20(26)30/h5-11,15,17-18,28H,4,12-13H2,1-3H3,(H,25,27,30)/t15-,17-,18-,22+,36+/m1/s1. The number of H-pyrrole nitrogens is 1. The van der Waals surface area contributed by atoms with Gasteiger partial charge in [0.1, 0.15) is 18.0 Å². The van der Waals surface area contributed by atoms with E-state index in [2.05, 4.69) is 20.9 Å². The molecule has 1 fully saturated rings. The largest absolute Gasteiger partial charge is 0.466 e. The molecule has 1 aromatic heterocycles. The minimum atomic E-state index is -4.04. The van der Waals surface area contributed by atoms with Crippen molar-refractivity contribution in [3.8, 4) is 5.75 Å². The zero-order valence-corrected chi connectivity index (χ0v) is 23.0. The van der Waals surface area contributed by atoms with Crippen molar-refractivity contribution >= 4 is 41.1 Å².